The van der Waals surface area contributed by atoms with Crippen LogP contribution in [0.15, 0.2) is 24.3 Å². The number of esters is 1. The highest BCUT2D eigenvalue weighted by Gasteiger charge is 2.33. The molecule has 0 saturated heterocycles. The third-order valence-electron chi connectivity index (χ3n) is 3.17. The first-order valence-electron chi connectivity index (χ1n) is 6.80. The molecule has 1 aromatic rings. The normalized spacial score (nSPS) is 13.3. The van der Waals surface area contributed by atoms with Crippen LogP contribution in [-0.2, 0) is 14.3 Å². The zero-order valence-electron chi connectivity index (χ0n) is 12.5. The molecule has 6 heteroatoms. The standard InChI is InChI=1S/C15H21ClN2O3/c1-4-9-15(2,14(20)21-3)17-10-13(19)18-12-8-6-5-7-11(12)16/h5-8,17H,4,9-10H2,1-3H3,(H,18,19)/t15-/m0/s1. The maximum absolute atomic E-state index is 11.9. The highest BCUT2D eigenvalue weighted by Crippen LogP contribution is 2.20. The van der Waals surface area contributed by atoms with Crippen LogP contribution in [-0.4, -0.2) is 31.1 Å². The third kappa shape index (κ3) is 5.02. The van der Waals surface area contributed by atoms with Crippen molar-refractivity contribution in [2.24, 2.45) is 0 Å². The van der Waals surface area contributed by atoms with Crippen LogP contribution in [0.4, 0.5) is 5.69 Å². The molecule has 0 spiro atoms. The first-order valence-corrected chi connectivity index (χ1v) is 7.18. The molecule has 0 aliphatic carbocycles. The van der Waals surface area contributed by atoms with Crippen molar-refractivity contribution in [2.75, 3.05) is 19.0 Å². The average Bonchev–Trinajstić information content (AvgIpc) is 2.47. The van der Waals surface area contributed by atoms with Crippen LogP contribution in [0.2, 0.25) is 5.02 Å². The Morgan fingerprint density at radius 2 is 2.00 bits per heavy atom. The monoisotopic (exact) mass is 312 g/mol. The number of amides is 1. The van der Waals surface area contributed by atoms with E-state index in [9.17, 15) is 9.59 Å². The van der Waals surface area contributed by atoms with E-state index >= 15 is 0 Å². The van der Waals surface area contributed by atoms with Crippen molar-refractivity contribution >= 4 is 29.2 Å². The van der Waals surface area contributed by atoms with E-state index in [0.29, 0.717) is 17.1 Å². The molecule has 0 bridgehead atoms. The molecule has 1 aromatic carbocycles. The van der Waals surface area contributed by atoms with Gasteiger partial charge in [-0.25, -0.2) is 0 Å². The number of methoxy groups -OCH3 is 1. The number of halogens is 1. The summed E-state index contributed by atoms with van der Waals surface area (Å²) in [5.41, 5.74) is -0.331. The summed E-state index contributed by atoms with van der Waals surface area (Å²) in [6, 6.07) is 6.97. The zero-order valence-corrected chi connectivity index (χ0v) is 13.3. The Morgan fingerprint density at radius 3 is 2.57 bits per heavy atom. The molecule has 1 amide bonds. The lowest BCUT2D eigenvalue weighted by Gasteiger charge is -2.27. The van der Waals surface area contributed by atoms with Crippen LogP contribution in [0, 0.1) is 0 Å². The second-order valence-electron chi connectivity index (χ2n) is 4.96. The average molecular weight is 313 g/mol. The fourth-order valence-corrected chi connectivity index (χ4v) is 2.20. The zero-order chi connectivity index (χ0) is 15.9. The maximum Gasteiger partial charge on any atom is 0.325 e. The fraction of sp³-hybridized carbons (Fsp3) is 0.467. The second kappa shape index (κ2) is 8.00. The van der Waals surface area contributed by atoms with Gasteiger partial charge in [-0.15, -0.1) is 0 Å². The lowest BCUT2D eigenvalue weighted by molar-refractivity contribution is -0.148. The lowest BCUT2D eigenvalue weighted by atomic mass is 9.96. The van der Waals surface area contributed by atoms with Gasteiger partial charge in [-0.3, -0.25) is 14.9 Å². The van der Waals surface area contributed by atoms with E-state index in [2.05, 4.69) is 10.6 Å². The van der Waals surface area contributed by atoms with Crippen LogP contribution in [0.3, 0.4) is 0 Å². The number of anilines is 1. The molecule has 1 atom stereocenters. The third-order valence-corrected chi connectivity index (χ3v) is 3.50. The van der Waals surface area contributed by atoms with Crippen molar-refractivity contribution in [1.29, 1.82) is 0 Å². The minimum Gasteiger partial charge on any atom is -0.468 e. The molecule has 0 unspecified atom stereocenters. The van der Waals surface area contributed by atoms with Gasteiger partial charge in [-0.2, -0.15) is 0 Å². The molecule has 0 aliphatic rings. The number of carbonyl (C=O) groups excluding carboxylic acids is 2. The molecule has 0 radical (unpaired) electrons. The summed E-state index contributed by atoms with van der Waals surface area (Å²) in [5.74, 6) is -0.649. The van der Waals surface area contributed by atoms with Crippen molar-refractivity contribution in [3.8, 4) is 0 Å². The Bertz CT molecular complexity index is 507. The predicted octanol–water partition coefficient (Wildman–Crippen LogP) is 2.60. The molecular weight excluding hydrogens is 292 g/mol. The van der Waals surface area contributed by atoms with Gasteiger partial charge in [0.1, 0.15) is 5.54 Å². The Morgan fingerprint density at radius 1 is 1.33 bits per heavy atom. The number of benzene rings is 1. The van der Waals surface area contributed by atoms with Crippen molar-refractivity contribution in [1.82, 2.24) is 5.32 Å². The molecule has 0 saturated carbocycles. The van der Waals surface area contributed by atoms with Gasteiger partial charge in [0.25, 0.3) is 0 Å². The molecule has 0 aliphatic heterocycles. The quantitative estimate of drug-likeness (QED) is 0.759. The van der Waals surface area contributed by atoms with E-state index in [-0.39, 0.29) is 18.4 Å². The number of hydrogen-bond donors (Lipinski definition) is 2. The van der Waals surface area contributed by atoms with E-state index in [0.717, 1.165) is 6.42 Å². The van der Waals surface area contributed by atoms with E-state index < -0.39 is 5.54 Å². The summed E-state index contributed by atoms with van der Waals surface area (Å²) in [6.45, 7) is 3.69. The Labute approximate surface area is 130 Å². The van der Waals surface area contributed by atoms with Crippen LogP contribution < -0.4 is 10.6 Å². The highest BCUT2D eigenvalue weighted by molar-refractivity contribution is 6.33. The Hall–Kier alpha value is -1.59. The topological polar surface area (TPSA) is 67.4 Å². The van der Waals surface area contributed by atoms with Crippen LogP contribution >= 0.6 is 11.6 Å². The highest BCUT2D eigenvalue weighted by atomic mass is 35.5. The van der Waals surface area contributed by atoms with Crippen LogP contribution in [0.5, 0.6) is 0 Å². The number of rotatable bonds is 7. The lowest BCUT2D eigenvalue weighted by Crippen LogP contribution is -2.52. The largest absolute Gasteiger partial charge is 0.468 e. The van der Waals surface area contributed by atoms with Crippen molar-refractivity contribution in [3.05, 3.63) is 29.3 Å². The van der Waals surface area contributed by atoms with Crippen molar-refractivity contribution in [3.63, 3.8) is 0 Å². The molecule has 0 aromatic heterocycles. The number of carbonyl (C=O) groups is 2. The molecule has 2 N–H and O–H groups in total. The van der Waals surface area contributed by atoms with E-state index in [1.807, 2.05) is 6.92 Å². The molecule has 0 fully saturated rings. The van der Waals surface area contributed by atoms with Gasteiger partial charge in [-0.1, -0.05) is 37.1 Å². The van der Waals surface area contributed by atoms with E-state index in [1.54, 1.807) is 31.2 Å². The first kappa shape index (κ1) is 17.5. The molecule has 0 heterocycles. The summed E-state index contributed by atoms with van der Waals surface area (Å²) >= 11 is 5.97. The summed E-state index contributed by atoms with van der Waals surface area (Å²) < 4.78 is 4.78. The van der Waals surface area contributed by atoms with E-state index in [1.165, 1.54) is 7.11 Å². The van der Waals surface area contributed by atoms with Gasteiger partial charge in [-0.05, 0) is 25.5 Å². The summed E-state index contributed by atoms with van der Waals surface area (Å²) in [5, 5.41) is 6.12. The molecule has 5 nitrogen and oxygen atoms in total. The fourth-order valence-electron chi connectivity index (χ4n) is 2.02. The summed E-state index contributed by atoms with van der Waals surface area (Å²) in [6.07, 6.45) is 1.38. The Balaban J connectivity index is 2.62. The minimum atomic E-state index is -0.874. The summed E-state index contributed by atoms with van der Waals surface area (Å²) in [4.78, 5) is 23.8. The van der Waals surface area contributed by atoms with Gasteiger partial charge in [0.05, 0.1) is 24.4 Å². The minimum absolute atomic E-state index is 0.00315. The molecular formula is C15H21ClN2O3. The smallest absolute Gasteiger partial charge is 0.325 e. The molecule has 1 rings (SSSR count). The van der Waals surface area contributed by atoms with Gasteiger partial charge in [0.2, 0.25) is 5.91 Å². The van der Waals surface area contributed by atoms with E-state index in [4.69, 9.17) is 16.3 Å². The Kier molecular flexibility index (Phi) is 6.65. The van der Waals surface area contributed by atoms with Gasteiger partial charge < -0.3 is 10.1 Å². The second-order valence-corrected chi connectivity index (χ2v) is 5.36. The maximum atomic E-state index is 11.9. The van der Waals surface area contributed by atoms with Gasteiger partial charge in [0.15, 0.2) is 0 Å². The van der Waals surface area contributed by atoms with Crippen LogP contribution in [0.1, 0.15) is 26.7 Å². The number of hydrogen-bond acceptors (Lipinski definition) is 4. The number of ether oxygens (including phenoxy) is 1. The molecule has 21 heavy (non-hydrogen) atoms. The predicted molar refractivity (Wildman–Crippen MR) is 83.4 cm³/mol. The SMILES string of the molecule is CCC[C@](C)(NCC(=O)Nc1ccccc1Cl)C(=O)OC. The molecule has 116 valence electrons. The van der Waals surface area contributed by atoms with Gasteiger partial charge in [0, 0.05) is 0 Å². The van der Waals surface area contributed by atoms with Crippen molar-refractivity contribution in [2.45, 2.75) is 32.2 Å². The van der Waals surface area contributed by atoms with Crippen LogP contribution in [0.25, 0.3) is 0 Å². The number of nitrogens with one attached hydrogen (secondary N) is 2. The van der Waals surface area contributed by atoms with Gasteiger partial charge >= 0.3 is 5.97 Å². The summed E-state index contributed by atoms with van der Waals surface area (Å²) in [7, 11) is 1.34. The van der Waals surface area contributed by atoms with Crippen molar-refractivity contribution < 1.29 is 14.3 Å². The first-order chi connectivity index (χ1) is 9.92. The number of para-hydroxylation sites is 1.